The van der Waals surface area contributed by atoms with E-state index in [0.29, 0.717) is 27.2 Å². The normalized spacial score (nSPS) is 10.1. The SMILES string of the molecule is COc1ccc(OCCC(=O)OCC(=O)Nc2cc(Cl)ccc2Cl)cc1. The highest BCUT2D eigenvalue weighted by Crippen LogP contribution is 2.25. The first-order chi connectivity index (χ1) is 12.5. The second kappa shape index (κ2) is 9.89. The molecule has 6 nitrogen and oxygen atoms in total. The summed E-state index contributed by atoms with van der Waals surface area (Å²) in [6.45, 7) is -0.295. The zero-order valence-corrected chi connectivity index (χ0v) is 15.5. The molecule has 0 aromatic heterocycles. The van der Waals surface area contributed by atoms with Gasteiger partial charge >= 0.3 is 5.97 Å². The lowest BCUT2D eigenvalue weighted by molar-refractivity contribution is -0.147. The third-order valence-corrected chi connectivity index (χ3v) is 3.77. The zero-order valence-electron chi connectivity index (χ0n) is 14.0. The molecule has 0 heterocycles. The van der Waals surface area contributed by atoms with Crippen LogP contribution in [0.4, 0.5) is 5.69 Å². The first kappa shape index (κ1) is 19.9. The Morgan fingerprint density at radius 3 is 2.42 bits per heavy atom. The number of ether oxygens (including phenoxy) is 3. The van der Waals surface area contributed by atoms with Crippen molar-refractivity contribution in [2.45, 2.75) is 6.42 Å². The standard InChI is InChI=1S/C18H17Cl2NO5/c1-24-13-3-5-14(6-4-13)25-9-8-18(23)26-11-17(22)21-16-10-12(19)2-7-15(16)20/h2-7,10H,8-9,11H2,1H3,(H,21,22). The molecule has 0 saturated heterocycles. The molecule has 2 aromatic carbocycles. The van der Waals surface area contributed by atoms with Gasteiger partial charge in [-0.05, 0) is 42.5 Å². The Morgan fingerprint density at radius 2 is 1.73 bits per heavy atom. The van der Waals surface area contributed by atoms with Gasteiger partial charge in [0.05, 0.1) is 30.8 Å². The van der Waals surface area contributed by atoms with Gasteiger partial charge in [0.15, 0.2) is 6.61 Å². The van der Waals surface area contributed by atoms with Crippen molar-refractivity contribution in [3.8, 4) is 11.5 Å². The Bertz CT molecular complexity index is 765. The van der Waals surface area contributed by atoms with Crippen molar-refractivity contribution in [3.05, 3.63) is 52.5 Å². The van der Waals surface area contributed by atoms with Crippen LogP contribution in [0.15, 0.2) is 42.5 Å². The monoisotopic (exact) mass is 397 g/mol. The number of halogens is 2. The molecule has 0 aliphatic heterocycles. The fourth-order valence-corrected chi connectivity index (χ4v) is 2.26. The van der Waals surface area contributed by atoms with Crippen LogP contribution in [0.3, 0.4) is 0 Å². The van der Waals surface area contributed by atoms with E-state index >= 15 is 0 Å². The maximum absolute atomic E-state index is 11.8. The molecule has 0 bridgehead atoms. The van der Waals surface area contributed by atoms with Crippen LogP contribution >= 0.6 is 23.2 Å². The summed E-state index contributed by atoms with van der Waals surface area (Å²) < 4.78 is 15.4. The lowest BCUT2D eigenvalue weighted by Crippen LogP contribution is -2.21. The number of methoxy groups -OCH3 is 1. The van der Waals surface area contributed by atoms with Gasteiger partial charge in [0.25, 0.3) is 5.91 Å². The van der Waals surface area contributed by atoms with Crippen molar-refractivity contribution in [2.75, 3.05) is 25.6 Å². The van der Waals surface area contributed by atoms with Crippen molar-refractivity contribution in [3.63, 3.8) is 0 Å². The molecule has 1 amide bonds. The fraction of sp³-hybridized carbons (Fsp3) is 0.222. The molecule has 0 radical (unpaired) electrons. The lowest BCUT2D eigenvalue weighted by Gasteiger charge is -2.09. The molecule has 2 aromatic rings. The predicted molar refractivity (Wildman–Crippen MR) is 99.2 cm³/mol. The minimum atomic E-state index is -0.550. The molecular weight excluding hydrogens is 381 g/mol. The number of carbonyl (C=O) groups is 2. The quantitative estimate of drug-likeness (QED) is 0.682. The van der Waals surface area contributed by atoms with Gasteiger partial charge in [0.1, 0.15) is 11.5 Å². The van der Waals surface area contributed by atoms with E-state index in [4.69, 9.17) is 37.4 Å². The summed E-state index contributed by atoms with van der Waals surface area (Å²) in [6, 6.07) is 11.6. The van der Waals surface area contributed by atoms with E-state index in [1.54, 1.807) is 43.5 Å². The number of nitrogens with one attached hydrogen (secondary N) is 1. The number of benzene rings is 2. The van der Waals surface area contributed by atoms with Crippen molar-refractivity contribution in [1.82, 2.24) is 0 Å². The Labute approximate surface area is 160 Å². The van der Waals surface area contributed by atoms with Crippen LogP contribution in [0.2, 0.25) is 10.0 Å². The first-order valence-corrected chi connectivity index (χ1v) is 8.41. The van der Waals surface area contributed by atoms with Gasteiger partial charge < -0.3 is 19.5 Å². The van der Waals surface area contributed by atoms with Gasteiger partial charge in [-0.1, -0.05) is 23.2 Å². The molecule has 26 heavy (non-hydrogen) atoms. The van der Waals surface area contributed by atoms with Crippen molar-refractivity contribution in [1.29, 1.82) is 0 Å². The van der Waals surface area contributed by atoms with E-state index < -0.39 is 18.5 Å². The third-order valence-electron chi connectivity index (χ3n) is 3.20. The zero-order chi connectivity index (χ0) is 18.9. The van der Waals surface area contributed by atoms with Crippen LogP contribution in [0.25, 0.3) is 0 Å². The van der Waals surface area contributed by atoms with E-state index in [-0.39, 0.29) is 13.0 Å². The Morgan fingerprint density at radius 1 is 1.04 bits per heavy atom. The summed E-state index contributed by atoms with van der Waals surface area (Å²) in [5.74, 6) is 0.249. The summed E-state index contributed by atoms with van der Waals surface area (Å²) >= 11 is 11.8. The lowest BCUT2D eigenvalue weighted by atomic mass is 10.3. The first-order valence-electron chi connectivity index (χ1n) is 7.65. The molecule has 8 heteroatoms. The second-order valence-electron chi connectivity index (χ2n) is 5.11. The number of esters is 1. The minimum Gasteiger partial charge on any atom is -0.497 e. The number of carbonyl (C=O) groups excluding carboxylic acids is 2. The maximum Gasteiger partial charge on any atom is 0.309 e. The van der Waals surface area contributed by atoms with Gasteiger partial charge in [-0.3, -0.25) is 9.59 Å². The van der Waals surface area contributed by atoms with E-state index in [1.807, 2.05) is 0 Å². The minimum absolute atomic E-state index is 0.0111. The van der Waals surface area contributed by atoms with Crippen molar-refractivity contribution < 1.29 is 23.8 Å². The number of amides is 1. The summed E-state index contributed by atoms with van der Waals surface area (Å²) in [7, 11) is 1.57. The Kier molecular flexibility index (Phi) is 7.56. The summed E-state index contributed by atoms with van der Waals surface area (Å²) in [4.78, 5) is 23.5. The van der Waals surface area contributed by atoms with Crippen molar-refractivity contribution >= 4 is 40.8 Å². The van der Waals surface area contributed by atoms with E-state index in [1.165, 1.54) is 6.07 Å². The smallest absolute Gasteiger partial charge is 0.309 e. The molecule has 0 aliphatic carbocycles. The number of hydrogen-bond acceptors (Lipinski definition) is 5. The van der Waals surface area contributed by atoms with Crippen LogP contribution in [-0.2, 0) is 14.3 Å². The molecule has 0 aliphatic rings. The highest BCUT2D eigenvalue weighted by Gasteiger charge is 2.10. The number of anilines is 1. The Balaban J connectivity index is 1.69. The molecule has 0 fully saturated rings. The van der Waals surface area contributed by atoms with Gasteiger partial charge in [0, 0.05) is 5.02 Å². The third kappa shape index (κ3) is 6.46. The molecule has 1 N–H and O–H groups in total. The van der Waals surface area contributed by atoms with Gasteiger partial charge in [-0.2, -0.15) is 0 Å². The Hall–Kier alpha value is -2.44. The predicted octanol–water partition coefficient (Wildman–Crippen LogP) is 3.95. The molecule has 2 rings (SSSR count). The molecule has 0 spiro atoms. The van der Waals surface area contributed by atoms with Crippen LogP contribution < -0.4 is 14.8 Å². The summed E-state index contributed by atoms with van der Waals surface area (Å²) in [5.41, 5.74) is 0.350. The number of rotatable bonds is 8. The van der Waals surface area contributed by atoms with Crippen molar-refractivity contribution in [2.24, 2.45) is 0 Å². The second-order valence-corrected chi connectivity index (χ2v) is 5.95. The fourth-order valence-electron chi connectivity index (χ4n) is 1.92. The van der Waals surface area contributed by atoms with E-state index in [0.717, 1.165) is 0 Å². The summed E-state index contributed by atoms with van der Waals surface area (Å²) in [6.07, 6.45) is 0.0111. The van der Waals surface area contributed by atoms with Gasteiger partial charge in [-0.15, -0.1) is 0 Å². The highest BCUT2D eigenvalue weighted by atomic mass is 35.5. The number of hydrogen-bond donors (Lipinski definition) is 1. The average molecular weight is 398 g/mol. The molecular formula is C18H17Cl2NO5. The highest BCUT2D eigenvalue weighted by molar-refractivity contribution is 6.35. The molecule has 0 atom stereocenters. The maximum atomic E-state index is 11.8. The van der Waals surface area contributed by atoms with Crippen LogP contribution in [-0.4, -0.2) is 32.2 Å². The average Bonchev–Trinajstić information content (AvgIpc) is 2.63. The topological polar surface area (TPSA) is 73.9 Å². The molecule has 0 unspecified atom stereocenters. The van der Waals surface area contributed by atoms with Gasteiger partial charge in [-0.25, -0.2) is 0 Å². The van der Waals surface area contributed by atoms with E-state index in [2.05, 4.69) is 5.32 Å². The molecule has 0 saturated carbocycles. The van der Waals surface area contributed by atoms with Gasteiger partial charge in [0.2, 0.25) is 0 Å². The van der Waals surface area contributed by atoms with Crippen LogP contribution in [0, 0.1) is 0 Å². The van der Waals surface area contributed by atoms with E-state index in [9.17, 15) is 9.59 Å². The molecule has 138 valence electrons. The van der Waals surface area contributed by atoms with Crippen LogP contribution in [0.1, 0.15) is 6.42 Å². The largest absolute Gasteiger partial charge is 0.497 e. The van der Waals surface area contributed by atoms with Crippen LogP contribution in [0.5, 0.6) is 11.5 Å². The summed E-state index contributed by atoms with van der Waals surface area (Å²) in [5, 5.41) is 3.29.